The number of amides is 1. The number of carboxylic acid groups (broad SMARTS) is 1. The molecule has 20 heavy (non-hydrogen) atoms. The fourth-order valence-electron chi connectivity index (χ4n) is 2.73. The molecule has 1 rings (SSSR count). The minimum Gasteiger partial charge on any atom is -0.479 e. The fourth-order valence-corrected chi connectivity index (χ4v) is 2.73. The zero-order chi connectivity index (χ0) is 15.5. The van der Waals surface area contributed by atoms with Crippen molar-refractivity contribution in [1.29, 1.82) is 0 Å². The van der Waals surface area contributed by atoms with Crippen LogP contribution in [-0.4, -0.2) is 27.9 Å². The molecule has 110 valence electrons. The van der Waals surface area contributed by atoms with Crippen molar-refractivity contribution in [2.45, 2.75) is 45.7 Å². The number of rotatable bonds is 5. The van der Waals surface area contributed by atoms with E-state index < -0.39 is 23.2 Å². The first kappa shape index (κ1) is 16.1. The van der Waals surface area contributed by atoms with E-state index in [-0.39, 0.29) is 18.0 Å². The van der Waals surface area contributed by atoms with Gasteiger partial charge in [0.05, 0.1) is 0 Å². The van der Waals surface area contributed by atoms with Gasteiger partial charge in [-0.05, 0) is 26.3 Å². The maximum atomic E-state index is 14.1. The molecule has 1 amide bonds. The first-order valence-electron chi connectivity index (χ1n) is 6.57. The molecule has 1 atom stereocenters. The number of aliphatic carboxylic acids is 1. The minimum absolute atomic E-state index is 0.0129. The Labute approximate surface area is 118 Å². The van der Waals surface area contributed by atoms with E-state index in [9.17, 15) is 19.1 Å². The van der Waals surface area contributed by atoms with Gasteiger partial charge in [0.1, 0.15) is 5.82 Å². The molecule has 1 aromatic carbocycles. The normalized spacial score (nSPS) is 13.9. The molecule has 0 saturated carbocycles. The summed E-state index contributed by atoms with van der Waals surface area (Å²) < 4.78 is 14.1. The van der Waals surface area contributed by atoms with E-state index in [0.717, 1.165) is 0 Å². The molecular formula is C15H20FNO3. The number of carboxylic acids is 1. The number of hydrogen-bond donors (Lipinski definition) is 1. The molecule has 4 nitrogen and oxygen atoms in total. The number of nitrogens with zero attached hydrogens (tertiary/aromatic N) is 1. The molecule has 0 aromatic heterocycles. The largest absolute Gasteiger partial charge is 0.479 e. The Morgan fingerprint density at radius 3 is 2.25 bits per heavy atom. The number of benzene rings is 1. The van der Waals surface area contributed by atoms with Crippen molar-refractivity contribution in [3.63, 3.8) is 0 Å². The van der Waals surface area contributed by atoms with Crippen molar-refractivity contribution in [2.75, 3.05) is 0 Å². The number of carbonyl (C=O) groups is 2. The second-order valence-electron chi connectivity index (χ2n) is 4.98. The third-order valence-corrected chi connectivity index (χ3v) is 3.45. The van der Waals surface area contributed by atoms with Crippen LogP contribution in [0.2, 0.25) is 0 Å². The lowest BCUT2D eigenvalue weighted by Crippen LogP contribution is -2.57. The van der Waals surface area contributed by atoms with Gasteiger partial charge in [0.2, 0.25) is 5.91 Å². The van der Waals surface area contributed by atoms with E-state index in [1.807, 2.05) is 0 Å². The predicted octanol–water partition coefficient (Wildman–Crippen LogP) is 2.77. The van der Waals surface area contributed by atoms with Crippen molar-refractivity contribution < 1.29 is 19.1 Å². The smallest absolute Gasteiger partial charge is 0.334 e. The quantitative estimate of drug-likeness (QED) is 0.903. The average Bonchev–Trinajstić information content (AvgIpc) is 2.35. The summed E-state index contributed by atoms with van der Waals surface area (Å²) in [4.78, 5) is 25.0. The molecule has 1 aromatic rings. The van der Waals surface area contributed by atoms with E-state index >= 15 is 0 Å². The van der Waals surface area contributed by atoms with Crippen LogP contribution in [0.3, 0.4) is 0 Å². The van der Waals surface area contributed by atoms with Crippen molar-refractivity contribution in [2.24, 2.45) is 0 Å². The zero-order valence-corrected chi connectivity index (χ0v) is 12.2. The molecule has 1 N–H and O–H groups in total. The van der Waals surface area contributed by atoms with Gasteiger partial charge in [-0.1, -0.05) is 25.1 Å². The summed E-state index contributed by atoms with van der Waals surface area (Å²) in [5, 5.41) is 9.71. The maximum absolute atomic E-state index is 14.1. The van der Waals surface area contributed by atoms with Crippen molar-refractivity contribution >= 4 is 11.9 Å². The van der Waals surface area contributed by atoms with Crippen LogP contribution < -0.4 is 0 Å². The highest BCUT2D eigenvalue weighted by molar-refractivity contribution is 5.87. The molecule has 0 bridgehead atoms. The third-order valence-electron chi connectivity index (χ3n) is 3.45. The zero-order valence-electron chi connectivity index (χ0n) is 12.2. The van der Waals surface area contributed by atoms with Gasteiger partial charge in [-0.2, -0.15) is 0 Å². The van der Waals surface area contributed by atoms with Gasteiger partial charge in [-0.3, -0.25) is 4.79 Å². The molecule has 0 fully saturated rings. The van der Waals surface area contributed by atoms with Crippen LogP contribution in [-0.2, 0) is 15.1 Å². The van der Waals surface area contributed by atoms with Crippen LogP contribution in [0.5, 0.6) is 0 Å². The lowest BCUT2D eigenvalue weighted by molar-refractivity contribution is -0.162. The van der Waals surface area contributed by atoms with Crippen LogP contribution in [0.25, 0.3) is 0 Å². The van der Waals surface area contributed by atoms with E-state index in [4.69, 9.17) is 0 Å². The molecule has 5 heteroatoms. The van der Waals surface area contributed by atoms with Crippen LogP contribution >= 0.6 is 0 Å². The predicted molar refractivity (Wildman–Crippen MR) is 73.7 cm³/mol. The molecule has 1 unspecified atom stereocenters. The Morgan fingerprint density at radius 1 is 1.35 bits per heavy atom. The van der Waals surface area contributed by atoms with Crippen LogP contribution in [0.1, 0.15) is 39.7 Å². The van der Waals surface area contributed by atoms with Crippen LogP contribution in [0.15, 0.2) is 24.3 Å². The molecule has 0 radical (unpaired) electrons. The Hall–Kier alpha value is -1.91. The van der Waals surface area contributed by atoms with E-state index in [1.54, 1.807) is 26.8 Å². The summed E-state index contributed by atoms with van der Waals surface area (Å²) in [6.45, 7) is 6.37. The summed E-state index contributed by atoms with van der Waals surface area (Å²) in [5.41, 5.74) is -1.68. The second kappa shape index (κ2) is 6.03. The van der Waals surface area contributed by atoms with Crippen LogP contribution in [0, 0.1) is 5.82 Å². The molecule has 0 heterocycles. The molecule has 0 spiro atoms. The lowest BCUT2D eigenvalue weighted by atomic mass is 9.83. The Morgan fingerprint density at radius 2 is 1.90 bits per heavy atom. The lowest BCUT2D eigenvalue weighted by Gasteiger charge is -2.42. The van der Waals surface area contributed by atoms with Gasteiger partial charge < -0.3 is 10.0 Å². The van der Waals surface area contributed by atoms with Crippen molar-refractivity contribution in [3.8, 4) is 0 Å². The van der Waals surface area contributed by atoms with Crippen LogP contribution in [0.4, 0.5) is 4.39 Å². The Balaban J connectivity index is 3.63. The highest BCUT2D eigenvalue weighted by atomic mass is 19.1. The molecule has 0 aliphatic heterocycles. The Kier molecular flexibility index (Phi) is 4.87. The van der Waals surface area contributed by atoms with Gasteiger partial charge in [0.15, 0.2) is 5.54 Å². The third kappa shape index (κ3) is 2.53. The second-order valence-corrected chi connectivity index (χ2v) is 4.98. The van der Waals surface area contributed by atoms with Gasteiger partial charge >= 0.3 is 5.97 Å². The van der Waals surface area contributed by atoms with E-state index in [2.05, 4.69) is 0 Å². The topological polar surface area (TPSA) is 57.6 Å². The van der Waals surface area contributed by atoms with Gasteiger partial charge in [0, 0.05) is 18.5 Å². The highest BCUT2D eigenvalue weighted by Crippen LogP contribution is 2.36. The number of halogens is 1. The molecule has 0 aliphatic rings. The first-order valence-corrected chi connectivity index (χ1v) is 6.57. The first-order chi connectivity index (χ1) is 9.28. The van der Waals surface area contributed by atoms with Crippen molar-refractivity contribution in [1.82, 2.24) is 4.90 Å². The van der Waals surface area contributed by atoms with Gasteiger partial charge in [0.25, 0.3) is 0 Å². The summed E-state index contributed by atoms with van der Waals surface area (Å²) >= 11 is 0. The number of carbonyl (C=O) groups excluding carboxylic acids is 1. The fraction of sp³-hybridized carbons (Fsp3) is 0.467. The maximum Gasteiger partial charge on any atom is 0.334 e. The summed E-state index contributed by atoms with van der Waals surface area (Å²) in [6, 6.07) is 5.34. The number of hydrogen-bond acceptors (Lipinski definition) is 2. The monoisotopic (exact) mass is 281 g/mol. The Bertz CT molecular complexity index is 516. The van der Waals surface area contributed by atoms with Crippen molar-refractivity contribution in [3.05, 3.63) is 35.6 Å². The average molecular weight is 281 g/mol. The molecular weight excluding hydrogens is 261 g/mol. The van der Waals surface area contributed by atoms with Gasteiger partial charge in [-0.25, -0.2) is 9.18 Å². The summed E-state index contributed by atoms with van der Waals surface area (Å²) in [6.07, 6.45) is 0.0844. The summed E-state index contributed by atoms with van der Waals surface area (Å²) in [5.74, 6) is -2.25. The highest BCUT2D eigenvalue weighted by Gasteiger charge is 2.48. The van der Waals surface area contributed by atoms with E-state index in [1.165, 1.54) is 30.0 Å². The van der Waals surface area contributed by atoms with Gasteiger partial charge in [-0.15, -0.1) is 0 Å². The van der Waals surface area contributed by atoms with E-state index in [0.29, 0.717) is 0 Å². The molecule has 0 aliphatic carbocycles. The summed E-state index contributed by atoms with van der Waals surface area (Å²) in [7, 11) is 0. The molecule has 0 saturated heterocycles. The minimum atomic E-state index is -1.69. The standard InChI is InChI=1S/C15H20FNO3/c1-5-15(14(19)20,17(10(2)3)11(4)18)12-8-6-7-9-13(12)16/h6-10H,5H2,1-4H3,(H,19,20). The SMILES string of the molecule is CCC(C(=O)O)(c1ccccc1F)N(C(C)=O)C(C)C.